The number of carbonyl (C=O) groups is 2. The first-order valence-corrected chi connectivity index (χ1v) is 13.7. The van der Waals surface area contributed by atoms with Crippen molar-refractivity contribution in [1.82, 2.24) is 14.5 Å². The van der Waals surface area contributed by atoms with Gasteiger partial charge in [0.2, 0.25) is 0 Å². The third kappa shape index (κ3) is 7.55. The maximum absolute atomic E-state index is 13.2. The molecule has 192 valence electrons. The number of benzene rings is 1. The van der Waals surface area contributed by atoms with Crippen molar-refractivity contribution in [2.75, 3.05) is 19.7 Å². The van der Waals surface area contributed by atoms with E-state index in [1.165, 1.54) is 0 Å². The zero-order chi connectivity index (χ0) is 25.9. The van der Waals surface area contributed by atoms with Crippen LogP contribution in [0.25, 0.3) is 6.08 Å². The number of ether oxygens (including phenoxy) is 1. The van der Waals surface area contributed by atoms with E-state index in [-0.39, 0.29) is 12.5 Å². The first-order valence-electron chi connectivity index (χ1n) is 12.4. The Morgan fingerprint density at radius 2 is 1.92 bits per heavy atom. The molecule has 0 saturated carbocycles. The van der Waals surface area contributed by atoms with Gasteiger partial charge in [0.25, 0.3) is 5.91 Å². The molecule has 0 unspecified atom stereocenters. The second-order valence-corrected chi connectivity index (χ2v) is 9.89. The Labute approximate surface area is 222 Å². The second kappa shape index (κ2) is 14.0. The summed E-state index contributed by atoms with van der Waals surface area (Å²) in [6.07, 6.45) is 6.95. The molecule has 3 rings (SSSR count). The fraction of sp³-hybridized carbons (Fsp3) is 0.393. The normalized spacial score (nSPS) is 11.5. The Balaban J connectivity index is 1.93. The summed E-state index contributed by atoms with van der Waals surface area (Å²) in [7, 11) is 0. The number of halogens is 1. The van der Waals surface area contributed by atoms with Crippen LogP contribution in [0.4, 0.5) is 0 Å². The highest BCUT2D eigenvalue weighted by Gasteiger charge is 2.19. The van der Waals surface area contributed by atoms with Crippen molar-refractivity contribution in [1.29, 1.82) is 0 Å². The van der Waals surface area contributed by atoms with Crippen molar-refractivity contribution in [2.45, 2.75) is 53.0 Å². The van der Waals surface area contributed by atoms with Crippen LogP contribution in [0.3, 0.4) is 0 Å². The van der Waals surface area contributed by atoms with Crippen molar-refractivity contribution in [3.8, 4) is 0 Å². The molecule has 0 radical (unpaired) electrons. The average molecular weight is 528 g/mol. The van der Waals surface area contributed by atoms with Gasteiger partial charge in [-0.2, -0.15) is 0 Å². The van der Waals surface area contributed by atoms with E-state index in [9.17, 15) is 9.59 Å². The van der Waals surface area contributed by atoms with Gasteiger partial charge in [0, 0.05) is 41.4 Å². The quantitative estimate of drug-likeness (QED) is 0.201. The number of rotatable bonds is 13. The van der Waals surface area contributed by atoms with Gasteiger partial charge in [0.1, 0.15) is 5.82 Å². The van der Waals surface area contributed by atoms with Gasteiger partial charge in [0.05, 0.1) is 18.4 Å². The number of unbranched alkanes of at least 4 members (excludes halogenated alkanes) is 1. The Bertz CT molecular complexity index is 1170. The maximum atomic E-state index is 13.2. The van der Waals surface area contributed by atoms with E-state index in [1.807, 2.05) is 61.7 Å². The van der Waals surface area contributed by atoms with Crippen LogP contribution in [-0.2, 0) is 33.7 Å². The van der Waals surface area contributed by atoms with Gasteiger partial charge >= 0.3 is 5.97 Å². The number of carbonyl (C=O) groups excluding carboxylic acids is 2. The number of imidazole rings is 1. The minimum absolute atomic E-state index is 0.200. The van der Waals surface area contributed by atoms with E-state index in [1.54, 1.807) is 22.4 Å². The van der Waals surface area contributed by atoms with Gasteiger partial charge in [0.15, 0.2) is 6.61 Å². The van der Waals surface area contributed by atoms with Crippen molar-refractivity contribution >= 4 is 40.9 Å². The number of hydrogen-bond acceptors (Lipinski definition) is 5. The van der Waals surface area contributed by atoms with E-state index in [0.29, 0.717) is 36.7 Å². The topological polar surface area (TPSA) is 64.4 Å². The Morgan fingerprint density at radius 1 is 1.14 bits per heavy atom. The molecule has 8 heteroatoms. The summed E-state index contributed by atoms with van der Waals surface area (Å²) in [6, 6.07) is 11.7. The van der Waals surface area contributed by atoms with E-state index < -0.39 is 5.97 Å². The lowest BCUT2D eigenvalue weighted by molar-refractivity contribution is -0.148. The van der Waals surface area contributed by atoms with Gasteiger partial charge in [-0.3, -0.25) is 4.79 Å². The average Bonchev–Trinajstić information content (AvgIpc) is 3.53. The third-order valence-corrected chi connectivity index (χ3v) is 7.23. The lowest BCUT2D eigenvalue weighted by Crippen LogP contribution is -2.34. The van der Waals surface area contributed by atoms with Crippen LogP contribution in [0.5, 0.6) is 0 Å². The fourth-order valence-corrected chi connectivity index (χ4v) is 4.83. The molecule has 1 aromatic carbocycles. The largest absolute Gasteiger partial charge is 0.452 e. The van der Waals surface area contributed by atoms with E-state index in [4.69, 9.17) is 16.3 Å². The number of hydrogen-bond donors (Lipinski definition) is 0. The first kappa shape index (κ1) is 27.7. The van der Waals surface area contributed by atoms with E-state index >= 15 is 0 Å². The molecule has 36 heavy (non-hydrogen) atoms. The molecule has 0 aliphatic rings. The van der Waals surface area contributed by atoms with Gasteiger partial charge in [-0.15, -0.1) is 11.3 Å². The Morgan fingerprint density at radius 3 is 2.58 bits per heavy atom. The zero-order valence-electron chi connectivity index (χ0n) is 21.2. The number of likely N-dealkylation sites (N-methyl/N-ethyl adjacent to an activating group) is 1. The fourth-order valence-electron chi connectivity index (χ4n) is 3.91. The summed E-state index contributed by atoms with van der Waals surface area (Å²) in [5, 5.41) is 2.67. The molecular formula is C28H34ClN3O3S. The number of thiophene rings is 1. The zero-order valence-corrected chi connectivity index (χ0v) is 22.8. The Kier molecular flexibility index (Phi) is 10.8. The lowest BCUT2D eigenvalue weighted by atomic mass is 10.1. The van der Waals surface area contributed by atoms with Crippen LogP contribution in [0.1, 0.15) is 55.6 Å². The van der Waals surface area contributed by atoms with Crippen LogP contribution >= 0.6 is 22.9 Å². The number of esters is 1. The van der Waals surface area contributed by atoms with Crippen LogP contribution < -0.4 is 0 Å². The highest BCUT2D eigenvalue weighted by Crippen LogP contribution is 2.22. The summed E-state index contributed by atoms with van der Waals surface area (Å²) < 4.78 is 7.59. The number of amides is 1. The van der Waals surface area contributed by atoms with E-state index in [2.05, 4.69) is 16.5 Å². The predicted molar refractivity (Wildman–Crippen MR) is 146 cm³/mol. The monoisotopic (exact) mass is 527 g/mol. The van der Waals surface area contributed by atoms with Gasteiger partial charge in [-0.25, -0.2) is 9.78 Å². The second-order valence-electron chi connectivity index (χ2n) is 8.45. The molecule has 0 bridgehead atoms. The van der Waals surface area contributed by atoms with E-state index in [0.717, 1.165) is 41.2 Å². The summed E-state index contributed by atoms with van der Waals surface area (Å²) >= 11 is 8.04. The molecular weight excluding hydrogens is 494 g/mol. The standard InChI is InChI=1S/C28H34ClN3O3S/c1-4-7-14-26-30-18-23(32(26)19-21-11-8-9-13-25(21)29)16-22(17-24-12-10-15-36-24)28(34)35-20-27(33)31(5-2)6-3/h8-13,15-16,18H,4-7,14,17,19-20H2,1-3H3. The molecule has 3 aromatic rings. The smallest absolute Gasteiger partial charge is 0.334 e. The summed E-state index contributed by atoms with van der Waals surface area (Å²) in [6.45, 7) is 7.38. The molecule has 1 amide bonds. The predicted octanol–water partition coefficient (Wildman–Crippen LogP) is 6.03. The molecule has 0 saturated heterocycles. The molecule has 0 N–H and O–H groups in total. The van der Waals surface area contributed by atoms with Crippen LogP contribution in [0.2, 0.25) is 5.02 Å². The molecule has 2 aromatic heterocycles. The molecule has 0 spiro atoms. The van der Waals surface area contributed by atoms with Gasteiger partial charge in [-0.1, -0.05) is 49.2 Å². The lowest BCUT2D eigenvalue weighted by Gasteiger charge is -2.18. The maximum Gasteiger partial charge on any atom is 0.334 e. The number of nitrogens with zero attached hydrogens (tertiary/aromatic N) is 3. The summed E-state index contributed by atoms with van der Waals surface area (Å²) in [4.78, 5) is 32.9. The molecule has 0 aliphatic heterocycles. The summed E-state index contributed by atoms with van der Waals surface area (Å²) in [5.74, 6) is 0.252. The summed E-state index contributed by atoms with van der Waals surface area (Å²) in [5.41, 5.74) is 2.27. The Hall–Kier alpha value is -2.90. The third-order valence-electron chi connectivity index (χ3n) is 5.98. The highest BCUT2D eigenvalue weighted by molar-refractivity contribution is 7.09. The SMILES string of the molecule is CCCCc1ncc(C=C(Cc2cccs2)C(=O)OCC(=O)N(CC)CC)n1Cc1ccccc1Cl. The molecule has 6 nitrogen and oxygen atoms in total. The number of aryl methyl sites for hydroxylation is 1. The van der Waals surface area contributed by atoms with Crippen molar-refractivity contribution in [3.05, 3.63) is 80.5 Å². The first-order chi connectivity index (χ1) is 17.5. The minimum atomic E-state index is -0.496. The minimum Gasteiger partial charge on any atom is -0.452 e. The van der Waals surface area contributed by atoms with Crippen molar-refractivity contribution < 1.29 is 14.3 Å². The number of aromatic nitrogens is 2. The molecule has 2 heterocycles. The molecule has 0 aliphatic carbocycles. The van der Waals surface area contributed by atoms with Gasteiger partial charge < -0.3 is 14.2 Å². The highest BCUT2D eigenvalue weighted by atomic mass is 35.5. The van der Waals surface area contributed by atoms with Crippen LogP contribution in [0, 0.1) is 0 Å². The molecule has 0 fully saturated rings. The van der Waals surface area contributed by atoms with Crippen molar-refractivity contribution in [3.63, 3.8) is 0 Å². The van der Waals surface area contributed by atoms with Crippen LogP contribution in [0.15, 0.2) is 53.5 Å². The van der Waals surface area contributed by atoms with Crippen LogP contribution in [-0.4, -0.2) is 46.0 Å². The van der Waals surface area contributed by atoms with Crippen molar-refractivity contribution in [2.24, 2.45) is 0 Å². The van der Waals surface area contributed by atoms with Gasteiger partial charge in [-0.05, 0) is 49.4 Å². The molecule has 0 atom stereocenters.